The van der Waals surface area contributed by atoms with Crippen LogP contribution in [-0.2, 0) is 4.79 Å². The summed E-state index contributed by atoms with van der Waals surface area (Å²) >= 11 is 5.82. The van der Waals surface area contributed by atoms with Crippen molar-refractivity contribution < 1.29 is 19.1 Å². The highest BCUT2D eigenvalue weighted by atomic mass is 35.5. The normalized spacial score (nSPS) is 18.7. The van der Waals surface area contributed by atoms with Crippen LogP contribution in [0.3, 0.4) is 0 Å². The molecule has 5 nitrogen and oxygen atoms in total. The van der Waals surface area contributed by atoms with Crippen LogP contribution in [0.25, 0.3) is 0 Å². The Hall–Kier alpha value is -1.82. The molecule has 1 atom stereocenters. The van der Waals surface area contributed by atoms with Crippen molar-refractivity contribution in [3.05, 3.63) is 29.0 Å². The molecule has 0 bridgehead atoms. The summed E-state index contributed by atoms with van der Waals surface area (Å²) in [5.74, 6) is -2.13. The van der Waals surface area contributed by atoms with Gasteiger partial charge in [0.1, 0.15) is 5.82 Å². The molecular formula is C13H14ClFN2O3. The molecule has 0 spiro atoms. The van der Waals surface area contributed by atoms with Gasteiger partial charge in [0, 0.05) is 13.1 Å². The minimum Gasteiger partial charge on any atom is -0.481 e. The van der Waals surface area contributed by atoms with Crippen molar-refractivity contribution in [3.63, 3.8) is 0 Å². The van der Waals surface area contributed by atoms with E-state index >= 15 is 0 Å². The monoisotopic (exact) mass is 300 g/mol. The maximum absolute atomic E-state index is 13.6. The van der Waals surface area contributed by atoms with Crippen LogP contribution >= 0.6 is 11.6 Å². The van der Waals surface area contributed by atoms with E-state index in [-0.39, 0.29) is 17.3 Å². The van der Waals surface area contributed by atoms with Gasteiger partial charge in [0.15, 0.2) is 0 Å². The van der Waals surface area contributed by atoms with Crippen molar-refractivity contribution in [1.29, 1.82) is 0 Å². The molecule has 0 radical (unpaired) electrons. The number of urea groups is 1. The average molecular weight is 301 g/mol. The molecule has 1 saturated heterocycles. The zero-order chi connectivity index (χ0) is 14.7. The van der Waals surface area contributed by atoms with Gasteiger partial charge in [0.05, 0.1) is 16.6 Å². The number of rotatable bonds is 2. The molecule has 1 fully saturated rings. The number of anilines is 1. The quantitative estimate of drug-likeness (QED) is 0.882. The molecule has 0 aliphatic carbocycles. The van der Waals surface area contributed by atoms with Crippen LogP contribution in [0.4, 0.5) is 14.9 Å². The topological polar surface area (TPSA) is 69.6 Å². The Kier molecular flexibility index (Phi) is 4.44. The summed E-state index contributed by atoms with van der Waals surface area (Å²) in [7, 11) is 0. The first-order chi connectivity index (χ1) is 9.49. The van der Waals surface area contributed by atoms with Crippen molar-refractivity contribution in [2.45, 2.75) is 12.8 Å². The molecule has 1 heterocycles. The van der Waals surface area contributed by atoms with Crippen molar-refractivity contribution in [3.8, 4) is 0 Å². The van der Waals surface area contributed by atoms with Gasteiger partial charge in [0.25, 0.3) is 0 Å². The number of hydrogen-bond donors (Lipinski definition) is 2. The highest BCUT2D eigenvalue weighted by Gasteiger charge is 2.28. The molecule has 0 aromatic heterocycles. The number of piperidine rings is 1. The van der Waals surface area contributed by atoms with Crippen LogP contribution in [0.5, 0.6) is 0 Å². The van der Waals surface area contributed by atoms with E-state index in [9.17, 15) is 14.0 Å². The molecule has 7 heteroatoms. The van der Waals surface area contributed by atoms with E-state index in [1.54, 1.807) is 0 Å². The van der Waals surface area contributed by atoms with Gasteiger partial charge in [-0.1, -0.05) is 17.7 Å². The second kappa shape index (κ2) is 6.09. The molecular weight excluding hydrogens is 287 g/mol. The minimum atomic E-state index is -0.925. The predicted molar refractivity (Wildman–Crippen MR) is 72.4 cm³/mol. The maximum Gasteiger partial charge on any atom is 0.321 e. The van der Waals surface area contributed by atoms with Crippen molar-refractivity contribution in [1.82, 2.24) is 4.90 Å². The van der Waals surface area contributed by atoms with Crippen LogP contribution < -0.4 is 5.32 Å². The molecule has 1 unspecified atom stereocenters. The molecule has 20 heavy (non-hydrogen) atoms. The summed E-state index contributed by atoms with van der Waals surface area (Å²) in [6, 6.07) is 3.56. The third-order valence-corrected chi connectivity index (χ3v) is 3.57. The van der Waals surface area contributed by atoms with E-state index in [4.69, 9.17) is 16.7 Å². The first kappa shape index (κ1) is 14.6. The summed E-state index contributed by atoms with van der Waals surface area (Å²) in [6.45, 7) is 0.564. The van der Waals surface area contributed by atoms with Gasteiger partial charge in [-0.2, -0.15) is 0 Å². The zero-order valence-corrected chi connectivity index (χ0v) is 11.4. The largest absolute Gasteiger partial charge is 0.481 e. The number of amides is 2. The van der Waals surface area contributed by atoms with Gasteiger partial charge >= 0.3 is 12.0 Å². The fraction of sp³-hybridized carbons (Fsp3) is 0.385. The van der Waals surface area contributed by atoms with Gasteiger partial charge in [-0.15, -0.1) is 0 Å². The number of para-hydroxylation sites is 1. The smallest absolute Gasteiger partial charge is 0.321 e. The van der Waals surface area contributed by atoms with Crippen LogP contribution in [0.15, 0.2) is 18.2 Å². The van der Waals surface area contributed by atoms with Gasteiger partial charge in [-0.25, -0.2) is 9.18 Å². The molecule has 1 aromatic carbocycles. The Morgan fingerprint density at radius 2 is 2.20 bits per heavy atom. The number of benzene rings is 1. The lowest BCUT2D eigenvalue weighted by Crippen LogP contribution is -2.44. The third-order valence-electron chi connectivity index (χ3n) is 3.25. The predicted octanol–water partition coefficient (Wildman–Crippen LogP) is 2.81. The fourth-order valence-corrected chi connectivity index (χ4v) is 2.38. The van der Waals surface area contributed by atoms with E-state index < -0.39 is 23.7 Å². The lowest BCUT2D eigenvalue weighted by molar-refractivity contribution is -0.143. The van der Waals surface area contributed by atoms with Gasteiger partial charge in [0.2, 0.25) is 0 Å². The van der Waals surface area contributed by atoms with E-state index in [0.717, 1.165) is 0 Å². The Labute approximate surface area is 120 Å². The molecule has 1 aliphatic rings. The molecule has 2 rings (SSSR count). The second-order valence-electron chi connectivity index (χ2n) is 4.65. The number of carbonyl (C=O) groups is 2. The lowest BCUT2D eigenvalue weighted by Gasteiger charge is -2.30. The highest BCUT2D eigenvalue weighted by Crippen LogP contribution is 2.25. The molecule has 0 saturated carbocycles. The average Bonchev–Trinajstić information content (AvgIpc) is 2.43. The van der Waals surface area contributed by atoms with Crippen molar-refractivity contribution in [2.24, 2.45) is 5.92 Å². The first-order valence-electron chi connectivity index (χ1n) is 6.22. The number of nitrogens with one attached hydrogen (secondary N) is 1. The Bertz CT molecular complexity index is 518. The number of halogens is 2. The van der Waals surface area contributed by atoms with Crippen LogP contribution in [0, 0.1) is 11.7 Å². The summed E-state index contributed by atoms with van der Waals surface area (Å²) < 4.78 is 13.6. The highest BCUT2D eigenvalue weighted by molar-refractivity contribution is 6.33. The molecule has 108 valence electrons. The number of nitrogens with zero attached hydrogens (tertiary/aromatic N) is 1. The Balaban J connectivity index is 2.06. The Morgan fingerprint density at radius 3 is 2.85 bits per heavy atom. The summed E-state index contributed by atoms with van der Waals surface area (Å²) in [4.78, 5) is 24.4. The van der Waals surface area contributed by atoms with Crippen molar-refractivity contribution >= 4 is 29.3 Å². The lowest BCUT2D eigenvalue weighted by atomic mass is 9.99. The van der Waals surface area contributed by atoms with E-state index in [1.165, 1.54) is 23.1 Å². The SMILES string of the molecule is O=C(O)C1CCCN(C(=O)Nc2c(F)cccc2Cl)C1. The molecule has 1 aromatic rings. The number of carboxylic acids is 1. The number of carboxylic acid groups (broad SMARTS) is 1. The Morgan fingerprint density at radius 1 is 1.45 bits per heavy atom. The first-order valence-corrected chi connectivity index (χ1v) is 6.59. The van der Waals surface area contributed by atoms with Crippen LogP contribution in [-0.4, -0.2) is 35.1 Å². The number of carbonyl (C=O) groups excluding carboxylic acids is 1. The van der Waals surface area contributed by atoms with Crippen LogP contribution in [0.2, 0.25) is 5.02 Å². The third kappa shape index (κ3) is 3.19. The molecule has 2 amide bonds. The number of aliphatic carboxylic acids is 1. The summed E-state index contributed by atoms with van der Waals surface area (Å²) in [5, 5.41) is 11.5. The number of likely N-dealkylation sites (tertiary alicyclic amines) is 1. The minimum absolute atomic E-state index is 0.0865. The summed E-state index contributed by atoms with van der Waals surface area (Å²) in [6.07, 6.45) is 1.15. The van der Waals surface area contributed by atoms with E-state index in [2.05, 4.69) is 5.32 Å². The molecule has 1 aliphatic heterocycles. The molecule has 2 N–H and O–H groups in total. The van der Waals surface area contributed by atoms with E-state index in [1.807, 2.05) is 0 Å². The van der Waals surface area contributed by atoms with Crippen LogP contribution in [0.1, 0.15) is 12.8 Å². The van der Waals surface area contributed by atoms with Crippen molar-refractivity contribution in [2.75, 3.05) is 18.4 Å². The zero-order valence-electron chi connectivity index (χ0n) is 10.6. The number of hydrogen-bond acceptors (Lipinski definition) is 2. The maximum atomic E-state index is 13.6. The van der Waals surface area contributed by atoms with E-state index in [0.29, 0.717) is 19.4 Å². The van der Waals surface area contributed by atoms with Gasteiger partial charge < -0.3 is 15.3 Å². The fourth-order valence-electron chi connectivity index (χ4n) is 2.17. The van der Waals surface area contributed by atoms with Gasteiger partial charge in [-0.05, 0) is 25.0 Å². The second-order valence-corrected chi connectivity index (χ2v) is 5.06. The van der Waals surface area contributed by atoms with Gasteiger partial charge in [-0.3, -0.25) is 4.79 Å². The standard InChI is InChI=1S/C13H14ClFN2O3/c14-9-4-1-5-10(15)11(9)16-13(20)17-6-2-3-8(7-17)12(18)19/h1,4-5,8H,2-3,6-7H2,(H,16,20)(H,18,19). The summed E-state index contributed by atoms with van der Waals surface area (Å²) in [5.41, 5.74) is -0.0865.